The van der Waals surface area contributed by atoms with Crippen molar-refractivity contribution in [3.05, 3.63) is 28.2 Å². The average Bonchev–Trinajstić information content (AvgIpc) is 2.28. The van der Waals surface area contributed by atoms with E-state index in [4.69, 9.17) is 12.2 Å². The summed E-state index contributed by atoms with van der Waals surface area (Å²) in [7, 11) is 0. The summed E-state index contributed by atoms with van der Waals surface area (Å²) in [5.41, 5.74) is 2.34. The minimum Gasteiger partial charge on any atom is -0.362 e. The molecule has 0 aliphatic carbocycles. The Bertz CT molecular complexity index is 366. The highest BCUT2D eigenvalue weighted by atomic mass is 79.9. The van der Waals surface area contributed by atoms with Gasteiger partial charge in [0.25, 0.3) is 0 Å². The van der Waals surface area contributed by atoms with Crippen molar-refractivity contribution in [2.24, 2.45) is 0 Å². The lowest BCUT2D eigenvalue weighted by atomic mass is 10.1. The fraction of sp³-hybridized carbons (Fsp3) is 0.417. The van der Waals surface area contributed by atoms with Crippen LogP contribution in [0.4, 0.5) is 5.69 Å². The minimum absolute atomic E-state index is 0.693. The van der Waals surface area contributed by atoms with Gasteiger partial charge in [0, 0.05) is 16.7 Å². The first kappa shape index (κ1) is 13.5. The summed E-state index contributed by atoms with van der Waals surface area (Å²) in [4.78, 5) is 0. The van der Waals surface area contributed by atoms with E-state index in [0.29, 0.717) is 5.11 Å². The highest BCUT2D eigenvalue weighted by Gasteiger charge is 2.03. The molecule has 2 N–H and O–H groups in total. The van der Waals surface area contributed by atoms with E-state index >= 15 is 0 Å². The summed E-state index contributed by atoms with van der Waals surface area (Å²) in [5, 5.41) is 7.07. The van der Waals surface area contributed by atoms with Crippen LogP contribution >= 0.6 is 28.1 Å². The molecular weight excluding hydrogens is 284 g/mol. The summed E-state index contributed by atoms with van der Waals surface area (Å²) < 4.78 is 1.10. The van der Waals surface area contributed by atoms with Gasteiger partial charge < -0.3 is 10.6 Å². The van der Waals surface area contributed by atoms with E-state index < -0.39 is 0 Å². The molecule has 16 heavy (non-hydrogen) atoms. The van der Waals surface area contributed by atoms with E-state index in [9.17, 15) is 0 Å². The van der Waals surface area contributed by atoms with Crippen molar-refractivity contribution in [3.63, 3.8) is 0 Å². The molecule has 0 atom stereocenters. The van der Waals surface area contributed by atoms with Gasteiger partial charge in [-0.3, -0.25) is 0 Å². The quantitative estimate of drug-likeness (QED) is 0.829. The van der Waals surface area contributed by atoms with Gasteiger partial charge in [0.2, 0.25) is 0 Å². The molecular formula is C12H17BrN2S. The molecule has 0 heterocycles. The monoisotopic (exact) mass is 300 g/mol. The van der Waals surface area contributed by atoms with E-state index in [2.05, 4.69) is 46.5 Å². The topological polar surface area (TPSA) is 24.1 Å². The Kier molecular flexibility index (Phi) is 5.77. The summed E-state index contributed by atoms with van der Waals surface area (Å²) in [6.07, 6.45) is 2.06. The first-order chi connectivity index (χ1) is 7.67. The van der Waals surface area contributed by atoms with Crippen molar-refractivity contribution in [1.29, 1.82) is 0 Å². The van der Waals surface area contributed by atoms with Crippen LogP contribution in [-0.2, 0) is 6.42 Å². The lowest BCUT2D eigenvalue weighted by Crippen LogP contribution is -2.29. The highest BCUT2D eigenvalue weighted by molar-refractivity contribution is 9.10. The molecule has 0 saturated heterocycles. The average molecular weight is 301 g/mol. The number of nitrogens with one attached hydrogen (secondary N) is 2. The van der Waals surface area contributed by atoms with Crippen LogP contribution in [0.1, 0.15) is 25.8 Å². The molecule has 0 saturated carbocycles. The van der Waals surface area contributed by atoms with Crippen LogP contribution in [0.25, 0.3) is 0 Å². The standard InChI is InChI=1S/C12H17BrN2S/c1-3-7-14-12(16)15-11-6-5-10(13)8-9(11)4-2/h5-6,8H,3-4,7H2,1-2H3,(H2,14,15,16). The SMILES string of the molecule is CCCNC(=S)Nc1ccc(Br)cc1CC. The maximum absolute atomic E-state index is 5.21. The predicted molar refractivity (Wildman–Crippen MR) is 78.0 cm³/mol. The van der Waals surface area contributed by atoms with Gasteiger partial charge in [-0.1, -0.05) is 29.8 Å². The number of rotatable bonds is 4. The van der Waals surface area contributed by atoms with Crippen molar-refractivity contribution >= 4 is 38.9 Å². The highest BCUT2D eigenvalue weighted by Crippen LogP contribution is 2.21. The van der Waals surface area contributed by atoms with Gasteiger partial charge >= 0.3 is 0 Å². The zero-order valence-corrected chi connectivity index (χ0v) is 12.0. The summed E-state index contributed by atoms with van der Waals surface area (Å²) in [5.74, 6) is 0. The second kappa shape index (κ2) is 6.86. The molecule has 1 rings (SSSR count). The van der Waals surface area contributed by atoms with Gasteiger partial charge in [-0.25, -0.2) is 0 Å². The third kappa shape index (κ3) is 4.10. The molecule has 0 unspecified atom stereocenters. The molecule has 2 nitrogen and oxygen atoms in total. The van der Waals surface area contributed by atoms with E-state index in [1.165, 1.54) is 5.56 Å². The molecule has 0 radical (unpaired) electrons. The first-order valence-corrected chi connectivity index (χ1v) is 6.70. The van der Waals surface area contributed by atoms with E-state index in [0.717, 1.165) is 29.5 Å². The number of aryl methyl sites for hydroxylation is 1. The normalized spacial score (nSPS) is 9.94. The molecule has 0 aromatic heterocycles. The fourth-order valence-electron chi connectivity index (χ4n) is 1.38. The van der Waals surface area contributed by atoms with Crippen molar-refractivity contribution in [2.75, 3.05) is 11.9 Å². The van der Waals surface area contributed by atoms with Crippen LogP contribution < -0.4 is 10.6 Å². The van der Waals surface area contributed by atoms with Crippen LogP contribution in [-0.4, -0.2) is 11.7 Å². The van der Waals surface area contributed by atoms with Gasteiger partial charge in [0.05, 0.1) is 0 Å². The number of thiocarbonyl (C=S) groups is 1. The van der Waals surface area contributed by atoms with Crippen molar-refractivity contribution in [3.8, 4) is 0 Å². The third-order valence-corrected chi connectivity index (χ3v) is 2.97. The van der Waals surface area contributed by atoms with E-state index in [1.54, 1.807) is 0 Å². The maximum Gasteiger partial charge on any atom is 0.170 e. The van der Waals surface area contributed by atoms with Crippen molar-refractivity contribution in [1.82, 2.24) is 5.32 Å². The zero-order valence-electron chi connectivity index (χ0n) is 9.64. The molecule has 1 aromatic rings. The van der Waals surface area contributed by atoms with Gasteiger partial charge in [-0.15, -0.1) is 0 Å². The smallest absolute Gasteiger partial charge is 0.170 e. The number of hydrogen-bond acceptors (Lipinski definition) is 1. The van der Waals surface area contributed by atoms with E-state index in [-0.39, 0.29) is 0 Å². The van der Waals surface area contributed by atoms with Crippen LogP contribution in [0.2, 0.25) is 0 Å². The lowest BCUT2D eigenvalue weighted by molar-refractivity contribution is 0.846. The van der Waals surface area contributed by atoms with Crippen molar-refractivity contribution < 1.29 is 0 Å². The predicted octanol–water partition coefficient (Wildman–Crippen LogP) is 3.71. The van der Waals surface area contributed by atoms with Gasteiger partial charge in [0.15, 0.2) is 5.11 Å². The number of halogens is 1. The Labute approximate surface area is 111 Å². The number of anilines is 1. The number of benzene rings is 1. The van der Waals surface area contributed by atoms with Gasteiger partial charge in [0.1, 0.15) is 0 Å². The fourth-order valence-corrected chi connectivity index (χ4v) is 2.00. The molecule has 0 bridgehead atoms. The lowest BCUT2D eigenvalue weighted by Gasteiger charge is -2.13. The zero-order chi connectivity index (χ0) is 12.0. The molecule has 0 aliphatic rings. The summed E-state index contributed by atoms with van der Waals surface area (Å²) in [6.45, 7) is 5.16. The van der Waals surface area contributed by atoms with Crippen LogP contribution in [0.15, 0.2) is 22.7 Å². The Balaban J connectivity index is 2.69. The summed E-state index contributed by atoms with van der Waals surface area (Å²) in [6, 6.07) is 6.18. The molecule has 0 amide bonds. The molecule has 1 aromatic carbocycles. The molecule has 0 aliphatic heterocycles. The minimum atomic E-state index is 0.693. The Morgan fingerprint density at radius 1 is 1.38 bits per heavy atom. The first-order valence-electron chi connectivity index (χ1n) is 5.50. The second-order valence-corrected chi connectivity index (χ2v) is 4.86. The number of hydrogen-bond donors (Lipinski definition) is 2. The molecule has 88 valence electrons. The Hall–Kier alpha value is -0.610. The maximum atomic E-state index is 5.21. The third-order valence-electron chi connectivity index (χ3n) is 2.23. The van der Waals surface area contributed by atoms with Crippen molar-refractivity contribution in [2.45, 2.75) is 26.7 Å². The Morgan fingerprint density at radius 3 is 2.75 bits per heavy atom. The largest absolute Gasteiger partial charge is 0.362 e. The molecule has 0 spiro atoms. The van der Waals surface area contributed by atoms with Crippen LogP contribution in [0.3, 0.4) is 0 Å². The summed E-state index contributed by atoms with van der Waals surface area (Å²) >= 11 is 8.68. The van der Waals surface area contributed by atoms with Crippen LogP contribution in [0.5, 0.6) is 0 Å². The van der Waals surface area contributed by atoms with E-state index in [1.807, 2.05) is 12.1 Å². The molecule has 0 fully saturated rings. The van der Waals surface area contributed by atoms with Gasteiger partial charge in [-0.05, 0) is 48.8 Å². The Morgan fingerprint density at radius 2 is 2.12 bits per heavy atom. The molecule has 4 heteroatoms. The van der Waals surface area contributed by atoms with Gasteiger partial charge in [-0.2, -0.15) is 0 Å². The second-order valence-electron chi connectivity index (χ2n) is 3.54. The van der Waals surface area contributed by atoms with Crippen LogP contribution in [0, 0.1) is 0 Å².